The standard InChI is InChI=1S/C11H21N5O3/c1-6(12)2-4-8(10(15)18)16-11(19)7(13)3-5-9(14)17/h7-8H,1-5,12-13H2,(H2,14,17)(H2,15,18)(H,16,19). The van der Waals surface area contributed by atoms with Gasteiger partial charge in [0.1, 0.15) is 6.04 Å². The van der Waals surface area contributed by atoms with E-state index in [9.17, 15) is 14.4 Å². The third-order valence-corrected chi connectivity index (χ3v) is 2.45. The molecule has 0 rings (SSSR count). The van der Waals surface area contributed by atoms with E-state index in [1.54, 1.807) is 0 Å². The summed E-state index contributed by atoms with van der Waals surface area (Å²) in [5.41, 5.74) is 21.4. The van der Waals surface area contributed by atoms with Crippen LogP contribution in [-0.2, 0) is 14.4 Å². The number of carbonyl (C=O) groups is 3. The average Bonchev–Trinajstić information content (AvgIpc) is 2.30. The third-order valence-electron chi connectivity index (χ3n) is 2.45. The zero-order valence-corrected chi connectivity index (χ0v) is 10.7. The molecule has 0 spiro atoms. The fraction of sp³-hybridized carbons (Fsp3) is 0.545. The summed E-state index contributed by atoms with van der Waals surface area (Å²) in [5, 5.41) is 2.41. The Kier molecular flexibility index (Phi) is 7.20. The summed E-state index contributed by atoms with van der Waals surface area (Å²) in [5.74, 6) is -1.79. The van der Waals surface area contributed by atoms with Crippen molar-refractivity contribution >= 4 is 17.7 Å². The van der Waals surface area contributed by atoms with Crippen LogP contribution in [0.4, 0.5) is 0 Å². The molecule has 0 fully saturated rings. The van der Waals surface area contributed by atoms with Crippen molar-refractivity contribution in [2.45, 2.75) is 37.8 Å². The molecule has 0 aliphatic rings. The van der Waals surface area contributed by atoms with E-state index in [0.717, 1.165) is 0 Å². The fourth-order valence-electron chi connectivity index (χ4n) is 1.32. The van der Waals surface area contributed by atoms with Crippen LogP contribution >= 0.6 is 0 Å². The lowest BCUT2D eigenvalue weighted by molar-refractivity contribution is -0.128. The number of amides is 3. The van der Waals surface area contributed by atoms with E-state index >= 15 is 0 Å². The summed E-state index contributed by atoms with van der Waals surface area (Å²) >= 11 is 0. The topological polar surface area (TPSA) is 167 Å². The zero-order chi connectivity index (χ0) is 15.0. The van der Waals surface area contributed by atoms with Crippen LogP contribution in [0.1, 0.15) is 25.7 Å². The van der Waals surface area contributed by atoms with Gasteiger partial charge in [0.05, 0.1) is 6.04 Å². The van der Waals surface area contributed by atoms with Crippen LogP contribution in [-0.4, -0.2) is 29.8 Å². The summed E-state index contributed by atoms with van der Waals surface area (Å²) in [6, 6.07) is -1.79. The molecule has 0 aromatic heterocycles. The lowest BCUT2D eigenvalue weighted by Crippen LogP contribution is -2.50. The molecule has 0 saturated carbocycles. The van der Waals surface area contributed by atoms with Crippen molar-refractivity contribution < 1.29 is 14.4 Å². The lowest BCUT2D eigenvalue weighted by Gasteiger charge is -2.18. The van der Waals surface area contributed by atoms with Gasteiger partial charge in [-0.3, -0.25) is 14.4 Å². The molecule has 19 heavy (non-hydrogen) atoms. The van der Waals surface area contributed by atoms with Gasteiger partial charge in [-0.2, -0.15) is 0 Å². The smallest absolute Gasteiger partial charge is 0.240 e. The number of nitrogens with one attached hydrogen (secondary N) is 1. The highest BCUT2D eigenvalue weighted by atomic mass is 16.2. The Morgan fingerprint density at radius 3 is 2.05 bits per heavy atom. The summed E-state index contributed by atoms with van der Waals surface area (Å²) in [6.45, 7) is 3.49. The predicted octanol–water partition coefficient (Wildman–Crippen LogP) is -2.20. The quantitative estimate of drug-likeness (QED) is 0.320. The number of primary amides is 2. The second kappa shape index (κ2) is 8.09. The Hall–Kier alpha value is -2.09. The fourth-order valence-corrected chi connectivity index (χ4v) is 1.32. The second-order valence-electron chi connectivity index (χ2n) is 4.27. The first-order valence-electron chi connectivity index (χ1n) is 5.80. The van der Waals surface area contributed by atoms with Crippen molar-refractivity contribution in [3.8, 4) is 0 Å². The zero-order valence-electron chi connectivity index (χ0n) is 10.7. The van der Waals surface area contributed by atoms with Crippen LogP contribution in [0.5, 0.6) is 0 Å². The second-order valence-corrected chi connectivity index (χ2v) is 4.27. The van der Waals surface area contributed by atoms with Crippen LogP contribution in [0, 0.1) is 0 Å². The summed E-state index contributed by atoms with van der Waals surface area (Å²) in [7, 11) is 0. The highest BCUT2D eigenvalue weighted by Gasteiger charge is 2.21. The summed E-state index contributed by atoms with van der Waals surface area (Å²) in [6.07, 6.45) is 0.703. The van der Waals surface area contributed by atoms with Crippen molar-refractivity contribution in [2.24, 2.45) is 22.9 Å². The monoisotopic (exact) mass is 271 g/mol. The van der Waals surface area contributed by atoms with E-state index in [1.807, 2.05) is 0 Å². The van der Waals surface area contributed by atoms with Crippen molar-refractivity contribution in [1.82, 2.24) is 5.32 Å². The van der Waals surface area contributed by atoms with E-state index in [1.165, 1.54) is 0 Å². The summed E-state index contributed by atoms with van der Waals surface area (Å²) in [4.78, 5) is 33.4. The number of hydrogen-bond acceptors (Lipinski definition) is 5. The van der Waals surface area contributed by atoms with Gasteiger partial charge >= 0.3 is 0 Å². The predicted molar refractivity (Wildman–Crippen MR) is 70.1 cm³/mol. The van der Waals surface area contributed by atoms with Gasteiger partial charge in [-0.15, -0.1) is 0 Å². The van der Waals surface area contributed by atoms with Crippen LogP contribution < -0.4 is 28.3 Å². The van der Waals surface area contributed by atoms with E-state index in [2.05, 4.69) is 11.9 Å². The minimum atomic E-state index is -0.921. The van der Waals surface area contributed by atoms with Crippen molar-refractivity contribution in [2.75, 3.05) is 0 Å². The normalized spacial score (nSPS) is 13.3. The molecule has 8 nitrogen and oxygen atoms in total. The SMILES string of the molecule is C=C(N)CCC(NC(=O)C(N)CCC(N)=O)C(N)=O. The molecule has 0 radical (unpaired) electrons. The van der Waals surface area contributed by atoms with Crippen molar-refractivity contribution in [1.29, 1.82) is 0 Å². The molecule has 0 aliphatic heterocycles. The maximum Gasteiger partial charge on any atom is 0.240 e. The number of allylic oxidation sites excluding steroid dienone is 1. The van der Waals surface area contributed by atoms with Gasteiger partial charge in [-0.05, 0) is 19.3 Å². The van der Waals surface area contributed by atoms with Gasteiger partial charge in [0.25, 0.3) is 0 Å². The van der Waals surface area contributed by atoms with Crippen LogP contribution in [0.15, 0.2) is 12.3 Å². The van der Waals surface area contributed by atoms with Gasteiger partial charge < -0.3 is 28.3 Å². The average molecular weight is 271 g/mol. The molecule has 0 aliphatic carbocycles. The van der Waals surface area contributed by atoms with Crippen LogP contribution in [0.2, 0.25) is 0 Å². The number of hydrogen-bond donors (Lipinski definition) is 5. The van der Waals surface area contributed by atoms with E-state index in [4.69, 9.17) is 22.9 Å². The van der Waals surface area contributed by atoms with Crippen molar-refractivity contribution in [3.63, 3.8) is 0 Å². The Morgan fingerprint density at radius 1 is 1.05 bits per heavy atom. The minimum Gasteiger partial charge on any atom is -0.403 e. The molecule has 2 atom stereocenters. The molecule has 2 unspecified atom stereocenters. The van der Waals surface area contributed by atoms with Gasteiger partial charge in [0.2, 0.25) is 17.7 Å². The first-order chi connectivity index (χ1) is 8.73. The Labute approximate surface area is 111 Å². The van der Waals surface area contributed by atoms with E-state index < -0.39 is 29.8 Å². The minimum absolute atomic E-state index is 0.00453. The molecule has 0 saturated heterocycles. The molecule has 0 aromatic carbocycles. The van der Waals surface area contributed by atoms with Crippen LogP contribution in [0.3, 0.4) is 0 Å². The molecule has 108 valence electrons. The molecule has 0 aromatic rings. The number of rotatable bonds is 9. The Morgan fingerprint density at radius 2 is 1.63 bits per heavy atom. The molecule has 0 bridgehead atoms. The molecule has 0 heterocycles. The van der Waals surface area contributed by atoms with Gasteiger partial charge in [0.15, 0.2) is 0 Å². The van der Waals surface area contributed by atoms with Crippen molar-refractivity contribution in [3.05, 3.63) is 12.3 Å². The maximum absolute atomic E-state index is 11.7. The molecule has 8 heteroatoms. The third kappa shape index (κ3) is 7.77. The summed E-state index contributed by atoms with van der Waals surface area (Å²) < 4.78 is 0. The maximum atomic E-state index is 11.7. The first kappa shape index (κ1) is 16.9. The lowest BCUT2D eigenvalue weighted by atomic mass is 10.1. The highest BCUT2D eigenvalue weighted by Crippen LogP contribution is 2.02. The van der Waals surface area contributed by atoms with Gasteiger partial charge in [0, 0.05) is 12.1 Å². The number of nitrogens with two attached hydrogens (primary N) is 4. The first-order valence-corrected chi connectivity index (χ1v) is 5.80. The molecular formula is C11H21N5O3. The van der Waals surface area contributed by atoms with Gasteiger partial charge in [-0.1, -0.05) is 6.58 Å². The highest BCUT2D eigenvalue weighted by molar-refractivity contribution is 5.89. The number of carbonyl (C=O) groups excluding carboxylic acids is 3. The molecule has 3 amide bonds. The molecular weight excluding hydrogens is 250 g/mol. The van der Waals surface area contributed by atoms with Crippen LogP contribution in [0.25, 0.3) is 0 Å². The Bertz CT molecular complexity index is 369. The van der Waals surface area contributed by atoms with E-state index in [0.29, 0.717) is 12.1 Å². The Balaban J connectivity index is 4.33. The molecule has 9 N–H and O–H groups in total. The van der Waals surface area contributed by atoms with Gasteiger partial charge in [-0.25, -0.2) is 0 Å². The van der Waals surface area contributed by atoms with E-state index in [-0.39, 0.29) is 19.3 Å². The largest absolute Gasteiger partial charge is 0.403 e.